The first-order chi connectivity index (χ1) is 12.2. The fraction of sp³-hybridized carbons (Fsp3) is 0.400. The summed E-state index contributed by atoms with van der Waals surface area (Å²) in [4.78, 5) is 22.4. The van der Waals surface area contributed by atoms with Crippen LogP contribution in [0.3, 0.4) is 0 Å². The fourth-order valence-corrected chi connectivity index (χ4v) is 4.58. The molecule has 2 aromatic heterocycles. The molecule has 0 spiro atoms. The van der Waals surface area contributed by atoms with Crippen molar-refractivity contribution in [1.29, 1.82) is 0 Å². The quantitative estimate of drug-likeness (QED) is 0.766. The van der Waals surface area contributed by atoms with E-state index in [4.69, 9.17) is 0 Å². The maximum atomic E-state index is 12.6. The molecule has 130 valence electrons. The average Bonchev–Trinajstić information content (AvgIpc) is 3.31. The second-order valence-corrected chi connectivity index (χ2v) is 8.03. The van der Waals surface area contributed by atoms with E-state index in [1.807, 2.05) is 34.8 Å². The molecule has 0 unspecified atom stereocenters. The number of aromatic nitrogens is 2. The first kappa shape index (κ1) is 16.3. The number of H-pyrrole nitrogens is 1. The third-order valence-corrected chi connectivity index (χ3v) is 6.53. The summed E-state index contributed by atoms with van der Waals surface area (Å²) in [6.45, 7) is 3.95. The molecule has 4 rings (SSSR count). The average molecular weight is 353 g/mol. The van der Waals surface area contributed by atoms with Gasteiger partial charge in [0.05, 0.1) is 5.01 Å². The SMILES string of the molecule is CC1(c2nccs2)CCN(C(=O)CCc2c[nH]c3ccccc23)CC1. The first-order valence-electron chi connectivity index (χ1n) is 8.88. The number of carbonyl (C=O) groups excluding carboxylic acids is 1. The Bertz CT molecular complexity index is 860. The number of fused-ring (bicyclic) bond motifs is 1. The molecule has 1 amide bonds. The lowest BCUT2D eigenvalue weighted by atomic mass is 9.81. The lowest BCUT2D eigenvalue weighted by molar-refractivity contribution is -0.132. The Morgan fingerprint density at radius 3 is 2.88 bits per heavy atom. The Balaban J connectivity index is 1.35. The lowest BCUT2D eigenvalue weighted by Gasteiger charge is -2.38. The Kier molecular flexibility index (Phi) is 4.34. The van der Waals surface area contributed by atoms with Crippen molar-refractivity contribution in [2.24, 2.45) is 0 Å². The summed E-state index contributed by atoms with van der Waals surface area (Å²) in [5.74, 6) is 0.270. The van der Waals surface area contributed by atoms with E-state index in [0.717, 1.165) is 37.9 Å². The number of nitrogens with one attached hydrogen (secondary N) is 1. The molecule has 5 heteroatoms. The fourth-order valence-electron chi connectivity index (χ4n) is 3.72. The van der Waals surface area contributed by atoms with Crippen LogP contribution in [-0.2, 0) is 16.6 Å². The van der Waals surface area contributed by atoms with Crippen LogP contribution in [0.15, 0.2) is 42.0 Å². The van der Waals surface area contributed by atoms with Crippen molar-refractivity contribution in [3.63, 3.8) is 0 Å². The van der Waals surface area contributed by atoms with E-state index in [2.05, 4.69) is 29.0 Å². The van der Waals surface area contributed by atoms with Gasteiger partial charge < -0.3 is 9.88 Å². The van der Waals surface area contributed by atoms with Gasteiger partial charge in [-0.15, -0.1) is 11.3 Å². The molecule has 0 saturated carbocycles. The molecule has 0 radical (unpaired) electrons. The van der Waals surface area contributed by atoms with Crippen LogP contribution in [-0.4, -0.2) is 33.9 Å². The minimum Gasteiger partial charge on any atom is -0.361 e. The Morgan fingerprint density at radius 1 is 1.32 bits per heavy atom. The van der Waals surface area contributed by atoms with Crippen molar-refractivity contribution in [3.8, 4) is 0 Å². The highest BCUT2D eigenvalue weighted by atomic mass is 32.1. The molecule has 4 nitrogen and oxygen atoms in total. The molecule has 0 atom stereocenters. The number of amides is 1. The van der Waals surface area contributed by atoms with Crippen LogP contribution < -0.4 is 0 Å². The number of carbonyl (C=O) groups is 1. The molecule has 3 heterocycles. The number of aryl methyl sites for hydroxylation is 1. The third-order valence-electron chi connectivity index (χ3n) is 5.45. The Hall–Kier alpha value is -2.14. The summed E-state index contributed by atoms with van der Waals surface area (Å²) in [7, 11) is 0. The summed E-state index contributed by atoms with van der Waals surface area (Å²) in [6.07, 6.45) is 7.29. The molecular formula is C20H23N3OS. The second kappa shape index (κ2) is 6.64. The summed E-state index contributed by atoms with van der Waals surface area (Å²) in [5, 5.41) is 4.47. The molecule has 1 saturated heterocycles. The van der Waals surface area contributed by atoms with Crippen molar-refractivity contribution in [1.82, 2.24) is 14.9 Å². The standard InChI is InChI=1S/C20H23N3OS/c1-20(19-21-10-13-25-19)8-11-23(12-9-20)18(24)7-6-15-14-22-17-5-3-2-4-16(15)17/h2-5,10,13-14,22H,6-9,11-12H2,1H3. The van der Waals surface area contributed by atoms with Crippen LogP contribution in [0.25, 0.3) is 10.9 Å². The van der Waals surface area contributed by atoms with E-state index in [0.29, 0.717) is 6.42 Å². The molecule has 1 aromatic carbocycles. The van der Waals surface area contributed by atoms with Crippen molar-refractivity contribution >= 4 is 28.1 Å². The van der Waals surface area contributed by atoms with Crippen molar-refractivity contribution in [2.75, 3.05) is 13.1 Å². The zero-order chi connectivity index (χ0) is 17.3. The number of hydrogen-bond donors (Lipinski definition) is 1. The predicted molar refractivity (Wildman–Crippen MR) is 102 cm³/mol. The van der Waals surface area contributed by atoms with Crippen LogP contribution in [0.1, 0.15) is 36.8 Å². The number of aromatic amines is 1. The number of nitrogens with zero attached hydrogens (tertiary/aromatic N) is 2. The van der Waals surface area contributed by atoms with Gasteiger partial charge in [0.15, 0.2) is 0 Å². The molecule has 1 N–H and O–H groups in total. The van der Waals surface area contributed by atoms with Gasteiger partial charge in [-0.25, -0.2) is 4.98 Å². The summed E-state index contributed by atoms with van der Waals surface area (Å²) in [6, 6.07) is 8.27. The zero-order valence-corrected chi connectivity index (χ0v) is 15.3. The van der Waals surface area contributed by atoms with Gasteiger partial charge in [-0.2, -0.15) is 0 Å². The van der Waals surface area contributed by atoms with Gasteiger partial charge in [0.1, 0.15) is 0 Å². The number of thiazole rings is 1. The highest BCUT2D eigenvalue weighted by Crippen LogP contribution is 2.36. The molecule has 1 fully saturated rings. The van der Waals surface area contributed by atoms with E-state index >= 15 is 0 Å². The number of rotatable bonds is 4. The molecular weight excluding hydrogens is 330 g/mol. The smallest absolute Gasteiger partial charge is 0.222 e. The largest absolute Gasteiger partial charge is 0.361 e. The molecule has 25 heavy (non-hydrogen) atoms. The van der Waals surface area contributed by atoms with Gasteiger partial charge >= 0.3 is 0 Å². The molecule has 0 bridgehead atoms. The number of para-hydroxylation sites is 1. The molecule has 1 aliphatic heterocycles. The van der Waals surface area contributed by atoms with E-state index in [-0.39, 0.29) is 11.3 Å². The number of piperidine rings is 1. The molecule has 0 aliphatic carbocycles. The minimum atomic E-state index is 0.127. The summed E-state index contributed by atoms with van der Waals surface area (Å²) in [5.41, 5.74) is 2.50. The van der Waals surface area contributed by atoms with Crippen LogP contribution >= 0.6 is 11.3 Å². The number of benzene rings is 1. The maximum absolute atomic E-state index is 12.6. The predicted octanol–water partition coefficient (Wildman–Crippen LogP) is 4.14. The molecule has 1 aliphatic rings. The van der Waals surface area contributed by atoms with E-state index < -0.39 is 0 Å². The maximum Gasteiger partial charge on any atom is 0.222 e. The van der Waals surface area contributed by atoms with Crippen molar-refractivity contribution < 1.29 is 4.79 Å². The van der Waals surface area contributed by atoms with Gasteiger partial charge in [0, 0.05) is 53.6 Å². The Morgan fingerprint density at radius 2 is 2.12 bits per heavy atom. The minimum absolute atomic E-state index is 0.127. The van der Waals surface area contributed by atoms with Crippen LogP contribution in [0.4, 0.5) is 0 Å². The summed E-state index contributed by atoms with van der Waals surface area (Å²) < 4.78 is 0. The van der Waals surface area contributed by atoms with Crippen LogP contribution in [0, 0.1) is 0 Å². The van der Waals surface area contributed by atoms with Gasteiger partial charge in [-0.3, -0.25) is 4.79 Å². The number of likely N-dealkylation sites (tertiary alicyclic amines) is 1. The zero-order valence-electron chi connectivity index (χ0n) is 14.5. The second-order valence-electron chi connectivity index (χ2n) is 7.14. The highest BCUT2D eigenvalue weighted by Gasteiger charge is 2.35. The van der Waals surface area contributed by atoms with E-state index in [1.54, 1.807) is 11.3 Å². The van der Waals surface area contributed by atoms with Gasteiger partial charge in [-0.1, -0.05) is 25.1 Å². The summed E-state index contributed by atoms with van der Waals surface area (Å²) >= 11 is 1.73. The monoisotopic (exact) mass is 353 g/mol. The van der Waals surface area contributed by atoms with Crippen LogP contribution in [0.5, 0.6) is 0 Å². The van der Waals surface area contributed by atoms with Crippen molar-refractivity contribution in [2.45, 2.75) is 38.0 Å². The highest BCUT2D eigenvalue weighted by molar-refractivity contribution is 7.09. The van der Waals surface area contributed by atoms with Crippen molar-refractivity contribution in [3.05, 3.63) is 52.6 Å². The van der Waals surface area contributed by atoms with Gasteiger partial charge in [-0.05, 0) is 30.9 Å². The lowest BCUT2D eigenvalue weighted by Crippen LogP contribution is -2.44. The molecule has 3 aromatic rings. The number of hydrogen-bond acceptors (Lipinski definition) is 3. The topological polar surface area (TPSA) is 49.0 Å². The van der Waals surface area contributed by atoms with Gasteiger partial charge in [0.25, 0.3) is 0 Å². The van der Waals surface area contributed by atoms with Crippen LogP contribution in [0.2, 0.25) is 0 Å². The first-order valence-corrected chi connectivity index (χ1v) is 9.76. The van der Waals surface area contributed by atoms with Gasteiger partial charge in [0.2, 0.25) is 5.91 Å². The van der Waals surface area contributed by atoms with E-state index in [1.165, 1.54) is 16.0 Å². The normalized spacial score (nSPS) is 17.1. The Labute approximate surface area is 151 Å². The van der Waals surface area contributed by atoms with E-state index in [9.17, 15) is 4.79 Å². The third kappa shape index (κ3) is 3.21.